The summed E-state index contributed by atoms with van der Waals surface area (Å²) in [5, 5.41) is 8.08. The van der Waals surface area contributed by atoms with E-state index in [9.17, 15) is 0 Å². The zero-order chi connectivity index (χ0) is 10.1. The second kappa shape index (κ2) is 3.81. The molecule has 0 bridgehead atoms. The Labute approximate surface area is 95.8 Å². The van der Waals surface area contributed by atoms with Crippen LogP contribution < -0.4 is 0 Å². The van der Waals surface area contributed by atoms with Gasteiger partial charge in [-0.25, -0.2) is 0 Å². The number of hydrogen-bond donors (Lipinski definition) is 1. The molecule has 0 aliphatic carbocycles. The number of aromatic nitrogens is 2. The summed E-state index contributed by atoms with van der Waals surface area (Å²) in [6.45, 7) is 0. The molecule has 0 saturated heterocycles. The molecule has 0 radical (unpaired) electrons. The van der Waals surface area contributed by atoms with Gasteiger partial charge in [-0.2, -0.15) is 5.10 Å². The van der Waals surface area contributed by atoms with Crippen LogP contribution in [0.25, 0.3) is 11.1 Å². The standard InChI is InChI=1S/C9H5Cl3N2/c10-6-1-7(11)9(8(12)2-6)5-3-13-14-4-5/h1-4H,(H,13,14). The number of H-pyrrole nitrogens is 1. The number of halogens is 3. The first-order valence-electron chi connectivity index (χ1n) is 3.82. The summed E-state index contributed by atoms with van der Waals surface area (Å²) in [4.78, 5) is 0. The van der Waals surface area contributed by atoms with Crippen molar-refractivity contribution in [1.82, 2.24) is 10.2 Å². The monoisotopic (exact) mass is 246 g/mol. The van der Waals surface area contributed by atoms with Crippen molar-refractivity contribution in [2.45, 2.75) is 0 Å². The predicted molar refractivity (Wildman–Crippen MR) is 59.1 cm³/mol. The van der Waals surface area contributed by atoms with Gasteiger partial charge in [-0.15, -0.1) is 0 Å². The highest BCUT2D eigenvalue weighted by atomic mass is 35.5. The molecule has 2 aromatic rings. The van der Waals surface area contributed by atoms with Crippen LogP contribution in [0.15, 0.2) is 24.5 Å². The Bertz CT molecular complexity index is 428. The number of nitrogens with zero attached hydrogens (tertiary/aromatic N) is 1. The highest BCUT2D eigenvalue weighted by Crippen LogP contribution is 2.36. The first kappa shape index (κ1) is 9.84. The largest absolute Gasteiger partial charge is 0.285 e. The van der Waals surface area contributed by atoms with E-state index in [-0.39, 0.29) is 0 Å². The van der Waals surface area contributed by atoms with Gasteiger partial charge < -0.3 is 0 Å². The van der Waals surface area contributed by atoms with Crippen LogP contribution in [0.4, 0.5) is 0 Å². The van der Waals surface area contributed by atoms with E-state index >= 15 is 0 Å². The van der Waals surface area contributed by atoms with E-state index in [1.807, 2.05) is 0 Å². The van der Waals surface area contributed by atoms with Gasteiger partial charge in [0.15, 0.2) is 0 Å². The molecular weight excluding hydrogens is 242 g/mol. The van der Waals surface area contributed by atoms with E-state index in [1.165, 1.54) is 0 Å². The number of hydrogen-bond acceptors (Lipinski definition) is 1. The van der Waals surface area contributed by atoms with Crippen molar-refractivity contribution in [3.05, 3.63) is 39.6 Å². The number of nitrogens with one attached hydrogen (secondary N) is 1. The van der Waals surface area contributed by atoms with Gasteiger partial charge in [-0.3, -0.25) is 5.10 Å². The SMILES string of the molecule is Clc1cc(Cl)c(-c2cn[nH]c2)c(Cl)c1. The summed E-state index contributed by atoms with van der Waals surface area (Å²) >= 11 is 17.8. The molecule has 1 N–H and O–H groups in total. The average Bonchev–Trinajstić information content (AvgIpc) is 2.54. The van der Waals surface area contributed by atoms with Gasteiger partial charge >= 0.3 is 0 Å². The van der Waals surface area contributed by atoms with Crippen molar-refractivity contribution in [1.29, 1.82) is 0 Å². The molecule has 14 heavy (non-hydrogen) atoms. The second-order valence-corrected chi connectivity index (χ2v) is 3.98. The summed E-state index contributed by atoms with van der Waals surface area (Å²) in [7, 11) is 0. The molecule has 0 atom stereocenters. The number of aromatic amines is 1. The zero-order valence-electron chi connectivity index (χ0n) is 6.89. The highest BCUT2D eigenvalue weighted by Gasteiger charge is 2.10. The summed E-state index contributed by atoms with van der Waals surface area (Å²) in [5.74, 6) is 0. The maximum Gasteiger partial charge on any atom is 0.0566 e. The summed E-state index contributed by atoms with van der Waals surface area (Å²) in [6.07, 6.45) is 3.38. The molecule has 1 aromatic carbocycles. The molecule has 0 spiro atoms. The van der Waals surface area contributed by atoms with Crippen molar-refractivity contribution in [2.75, 3.05) is 0 Å². The molecule has 2 rings (SSSR count). The maximum atomic E-state index is 6.02. The third-order valence-electron chi connectivity index (χ3n) is 1.79. The van der Waals surface area contributed by atoms with Crippen LogP contribution >= 0.6 is 34.8 Å². The van der Waals surface area contributed by atoms with E-state index in [2.05, 4.69) is 10.2 Å². The van der Waals surface area contributed by atoms with Crippen LogP contribution in [-0.4, -0.2) is 10.2 Å². The van der Waals surface area contributed by atoms with Gasteiger partial charge in [0.25, 0.3) is 0 Å². The molecular formula is C9H5Cl3N2. The molecule has 0 aliphatic heterocycles. The normalized spacial score (nSPS) is 10.5. The average molecular weight is 248 g/mol. The van der Waals surface area contributed by atoms with E-state index in [4.69, 9.17) is 34.8 Å². The Balaban J connectivity index is 2.64. The lowest BCUT2D eigenvalue weighted by molar-refractivity contribution is 1.09. The summed E-state index contributed by atoms with van der Waals surface area (Å²) in [5.41, 5.74) is 1.59. The van der Waals surface area contributed by atoms with Crippen molar-refractivity contribution >= 4 is 34.8 Å². The quantitative estimate of drug-likeness (QED) is 0.809. The van der Waals surface area contributed by atoms with E-state index in [0.29, 0.717) is 15.1 Å². The van der Waals surface area contributed by atoms with Gasteiger partial charge in [0.05, 0.1) is 16.2 Å². The van der Waals surface area contributed by atoms with Crippen molar-refractivity contribution in [3.63, 3.8) is 0 Å². The Morgan fingerprint density at radius 3 is 2.21 bits per heavy atom. The third kappa shape index (κ3) is 1.73. The molecule has 5 heteroatoms. The third-order valence-corrected chi connectivity index (χ3v) is 2.61. The van der Waals surface area contributed by atoms with Crippen LogP contribution in [0.1, 0.15) is 0 Å². The molecule has 0 fully saturated rings. The van der Waals surface area contributed by atoms with E-state index < -0.39 is 0 Å². The lowest BCUT2D eigenvalue weighted by Crippen LogP contribution is -1.79. The first-order chi connectivity index (χ1) is 6.68. The van der Waals surface area contributed by atoms with Crippen LogP contribution in [0.2, 0.25) is 15.1 Å². The smallest absolute Gasteiger partial charge is 0.0566 e. The molecule has 0 amide bonds. The zero-order valence-corrected chi connectivity index (χ0v) is 9.16. The summed E-state index contributed by atoms with van der Waals surface area (Å²) in [6, 6.07) is 3.30. The van der Waals surface area contributed by atoms with Gasteiger partial charge in [0.1, 0.15) is 0 Å². The summed E-state index contributed by atoms with van der Waals surface area (Å²) < 4.78 is 0. The van der Waals surface area contributed by atoms with Crippen molar-refractivity contribution in [2.24, 2.45) is 0 Å². The van der Waals surface area contributed by atoms with Gasteiger partial charge in [-0.1, -0.05) is 34.8 Å². The second-order valence-electron chi connectivity index (χ2n) is 2.73. The van der Waals surface area contributed by atoms with Crippen molar-refractivity contribution < 1.29 is 0 Å². The predicted octanol–water partition coefficient (Wildman–Crippen LogP) is 4.04. The lowest BCUT2D eigenvalue weighted by atomic mass is 10.1. The van der Waals surface area contributed by atoms with Gasteiger partial charge in [-0.05, 0) is 12.1 Å². The topological polar surface area (TPSA) is 28.7 Å². The molecule has 1 heterocycles. The number of benzene rings is 1. The van der Waals surface area contributed by atoms with Gasteiger partial charge in [0.2, 0.25) is 0 Å². The fourth-order valence-electron chi connectivity index (χ4n) is 1.21. The molecule has 0 saturated carbocycles. The van der Waals surface area contributed by atoms with Crippen LogP contribution in [0, 0.1) is 0 Å². The van der Waals surface area contributed by atoms with E-state index in [1.54, 1.807) is 24.5 Å². The van der Waals surface area contributed by atoms with Crippen LogP contribution in [-0.2, 0) is 0 Å². The molecule has 0 aliphatic rings. The minimum absolute atomic E-state index is 0.518. The van der Waals surface area contributed by atoms with Crippen LogP contribution in [0.3, 0.4) is 0 Å². The van der Waals surface area contributed by atoms with Gasteiger partial charge in [0, 0.05) is 22.3 Å². The first-order valence-corrected chi connectivity index (χ1v) is 4.95. The number of rotatable bonds is 1. The minimum Gasteiger partial charge on any atom is -0.285 e. The van der Waals surface area contributed by atoms with E-state index in [0.717, 1.165) is 11.1 Å². The Morgan fingerprint density at radius 1 is 1.07 bits per heavy atom. The lowest BCUT2D eigenvalue weighted by Gasteiger charge is -2.04. The molecule has 0 unspecified atom stereocenters. The highest BCUT2D eigenvalue weighted by molar-refractivity contribution is 6.41. The Kier molecular flexibility index (Phi) is 2.68. The van der Waals surface area contributed by atoms with Crippen LogP contribution in [0.5, 0.6) is 0 Å². The fraction of sp³-hybridized carbons (Fsp3) is 0. The Morgan fingerprint density at radius 2 is 1.71 bits per heavy atom. The molecule has 72 valence electrons. The molecule has 2 nitrogen and oxygen atoms in total. The fourth-order valence-corrected chi connectivity index (χ4v) is 2.24. The minimum atomic E-state index is 0.518. The van der Waals surface area contributed by atoms with Crippen molar-refractivity contribution in [3.8, 4) is 11.1 Å². The Hall–Kier alpha value is -0.700. The maximum absolute atomic E-state index is 6.02. The molecule has 1 aromatic heterocycles.